The fourth-order valence-electron chi connectivity index (χ4n) is 2.02. The maximum Gasteiger partial charge on any atom is 0.212 e. The van der Waals surface area contributed by atoms with Gasteiger partial charge in [0.05, 0.1) is 6.21 Å². The van der Waals surface area contributed by atoms with Crippen LogP contribution in [0.25, 0.3) is 0 Å². The monoisotopic (exact) mass is 402 g/mol. The highest BCUT2D eigenvalue weighted by atomic mass is 79.9. The topological polar surface area (TPSA) is 63.3 Å². The van der Waals surface area contributed by atoms with Gasteiger partial charge in [-0.3, -0.25) is 0 Å². The van der Waals surface area contributed by atoms with Crippen LogP contribution in [0.5, 0.6) is 5.75 Å². The molecule has 0 atom stereocenters. The van der Waals surface area contributed by atoms with E-state index in [0.717, 1.165) is 20.9 Å². The van der Waals surface area contributed by atoms with Gasteiger partial charge in [-0.2, -0.15) is 9.78 Å². The number of nitrogens with zero attached hydrogens (tertiary/aromatic N) is 4. The molecule has 3 aromatic rings. The summed E-state index contributed by atoms with van der Waals surface area (Å²) in [6.45, 7) is 1.86. The fourth-order valence-corrected chi connectivity index (χ4v) is 3.17. The van der Waals surface area contributed by atoms with Crippen LogP contribution in [0.1, 0.15) is 17.0 Å². The Morgan fingerprint density at radius 1 is 1.21 bits per heavy atom. The van der Waals surface area contributed by atoms with E-state index >= 15 is 0 Å². The Hall–Kier alpha value is -2.12. The highest BCUT2D eigenvalue weighted by Gasteiger charge is 2.08. The van der Waals surface area contributed by atoms with E-state index in [2.05, 4.69) is 43.4 Å². The number of thioether (sulfide) groups is 1. The molecule has 24 heavy (non-hydrogen) atoms. The molecular formula is C17H15BrN4OS. The number of hydrogen-bond donors (Lipinski definition) is 1. The van der Waals surface area contributed by atoms with Crippen molar-refractivity contribution < 1.29 is 5.11 Å². The number of rotatable bonds is 5. The maximum absolute atomic E-state index is 9.51. The summed E-state index contributed by atoms with van der Waals surface area (Å²) in [4.78, 5) is 0. The molecule has 0 radical (unpaired) electrons. The standard InChI is InChI=1S/C17H15BrN4OS/c1-12-20-21-17(24-11-13-5-7-15(18)8-6-13)22(12)19-10-14-3-2-4-16(23)9-14/h2-10,23H,11H2,1H3/b19-10+. The Morgan fingerprint density at radius 3 is 2.75 bits per heavy atom. The minimum Gasteiger partial charge on any atom is -0.508 e. The van der Waals surface area contributed by atoms with Gasteiger partial charge in [-0.15, -0.1) is 10.2 Å². The van der Waals surface area contributed by atoms with Crippen molar-refractivity contribution in [2.24, 2.45) is 5.10 Å². The molecule has 0 aliphatic carbocycles. The fraction of sp³-hybridized carbons (Fsp3) is 0.118. The van der Waals surface area contributed by atoms with Gasteiger partial charge >= 0.3 is 0 Å². The molecule has 0 saturated heterocycles. The number of benzene rings is 2. The number of phenolic OH excluding ortho intramolecular Hbond substituents is 1. The van der Waals surface area contributed by atoms with E-state index in [1.807, 2.05) is 25.1 Å². The van der Waals surface area contributed by atoms with E-state index < -0.39 is 0 Å². The Morgan fingerprint density at radius 2 is 2.00 bits per heavy atom. The lowest BCUT2D eigenvalue weighted by molar-refractivity contribution is 0.475. The van der Waals surface area contributed by atoms with Gasteiger partial charge < -0.3 is 5.11 Å². The first-order valence-electron chi connectivity index (χ1n) is 7.24. The van der Waals surface area contributed by atoms with Crippen LogP contribution in [-0.2, 0) is 5.75 Å². The van der Waals surface area contributed by atoms with Crippen molar-refractivity contribution in [1.29, 1.82) is 0 Å². The highest BCUT2D eigenvalue weighted by molar-refractivity contribution is 9.10. The molecule has 1 N–H and O–H groups in total. The van der Waals surface area contributed by atoms with Crippen LogP contribution >= 0.6 is 27.7 Å². The molecule has 0 bridgehead atoms. The number of phenols is 1. The smallest absolute Gasteiger partial charge is 0.212 e. The van der Waals surface area contributed by atoms with Crippen LogP contribution in [0.2, 0.25) is 0 Å². The predicted octanol–water partition coefficient (Wildman–Crippen LogP) is 4.23. The van der Waals surface area contributed by atoms with E-state index in [1.54, 1.807) is 40.9 Å². The summed E-state index contributed by atoms with van der Waals surface area (Å²) in [7, 11) is 0. The highest BCUT2D eigenvalue weighted by Crippen LogP contribution is 2.23. The lowest BCUT2D eigenvalue weighted by Gasteiger charge is -2.03. The van der Waals surface area contributed by atoms with Gasteiger partial charge in [0.2, 0.25) is 5.16 Å². The van der Waals surface area contributed by atoms with E-state index in [4.69, 9.17) is 0 Å². The summed E-state index contributed by atoms with van der Waals surface area (Å²) in [5.41, 5.74) is 2.01. The summed E-state index contributed by atoms with van der Waals surface area (Å²) in [5.74, 6) is 1.71. The number of hydrogen-bond acceptors (Lipinski definition) is 5. The van der Waals surface area contributed by atoms with Crippen LogP contribution in [-0.4, -0.2) is 26.2 Å². The average Bonchev–Trinajstić information content (AvgIpc) is 2.92. The van der Waals surface area contributed by atoms with E-state index in [-0.39, 0.29) is 5.75 Å². The first kappa shape index (κ1) is 16.7. The van der Waals surface area contributed by atoms with Gasteiger partial charge in [0.25, 0.3) is 0 Å². The molecule has 2 aromatic carbocycles. The summed E-state index contributed by atoms with van der Waals surface area (Å²) in [6.07, 6.45) is 1.68. The molecule has 7 heteroatoms. The summed E-state index contributed by atoms with van der Waals surface area (Å²) >= 11 is 5.01. The molecular weight excluding hydrogens is 388 g/mol. The molecule has 122 valence electrons. The summed E-state index contributed by atoms with van der Waals surface area (Å²) < 4.78 is 2.76. The molecule has 0 saturated carbocycles. The molecule has 3 rings (SSSR count). The van der Waals surface area contributed by atoms with E-state index in [9.17, 15) is 5.11 Å². The molecule has 0 aliphatic heterocycles. The Kier molecular flexibility index (Phi) is 5.32. The third-order valence-corrected chi connectivity index (χ3v) is 4.76. The number of halogens is 1. The zero-order valence-corrected chi connectivity index (χ0v) is 15.3. The normalized spacial score (nSPS) is 11.2. The van der Waals surface area contributed by atoms with Crippen molar-refractivity contribution in [3.8, 4) is 5.75 Å². The molecule has 0 unspecified atom stereocenters. The van der Waals surface area contributed by atoms with E-state index in [1.165, 1.54) is 5.56 Å². The maximum atomic E-state index is 9.51. The van der Waals surface area contributed by atoms with Gasteiger partial charge in [-0.1, -0.05) is 52.0 Å². The number of aryl methyl sites for hydroxylation is 1. The third kappa shape index (κ3) is 4.24. The average molecular weight is 403 g/mol. The minimum atomic E-state index is 0.212. The van der Waals surface area contributed by atoms with Gasteiger partial charge in [-0.25, -0.2) is 0 Å². The van der Waals surface area contributed by atoms with Crippen LogP contribution < -0.4 is 0 Å². The largest absolute Gasteiger partial charge is 0.508 e. The zero-order chi connectivity index (χ0) is 16.9. The Bertz CT molecular complexity index is 861. The van der Waals surface area contributed by atoms with Crippen molar-refractivity contribution in [3.63, 3.8) is 0 Å². The van der Waals surface area contributed by atoms with Crippen molar-refractivity contribution in [2.75, 3.05) is 0 Å². The van der Waals surface area contributed by atoms with Crippen molar-refractivity contribution in [1.82, 2.24) is 14.9 Å². The summed E-state index contributed by atoms with van der Waals surface area (Å²) in [6, 6.07) is 15.1. The van der Waals surface area contributed by atoms with Crippen LogP contribution in [0, 0.1) is 6.92 Å². The molecule has 0 spiro atoms. The van der Waals surface area contributed by atoms with E-state index in [0.29, 0.717) is 5.82 Å². The second-order valence-electron chi connectivity index (χ2n) is 5.10. The third-order valence-electron chi connectivity index (χ3n) is 3.24. The quantitative estimate of drug-likeness (QED) is 0.512. The summed E-state index contributed by atoms with van der Waals surface area (Å²) in [5, 5.41) is 22.9. The second-order valence-corrected chi connectivity index (χ2v) is 6.95. The molecule has 0 amide bonds. The molecule has 5 nitrogen and oxygen atoms in total. The lowest BCUT2D eigenvalue weighted by Crippen LogP contribution is -1.96. The molecule has 1 heterocycles. The van der Waals surface area contributed by atoms with Crippen LogP contribution in [0.15, 0.2) is 63.3 Å². The lowest BCUT2D eigenvalue weighted by atomic mass is 10.2. The van der Waals surface area contributed by atoms with Gasteiger partial charge in [0, 0.05) is 10.2 Å². The Balaban J connectivity index is 1.74. The number of aromatic nitrogens is 3. The predicted molar refractivity (Wildman–Crippen MR) is 99.6 cm³/mol. The zero-order valence-electron chi connectivity index (χ0n) is 12.9. The first-order chi connectivity index (χ1) is 11.6. The van der Waals surface area contributed by atoms with Crippen molar-refractivity contribution in [3.05, 3.63) is 70.0 Å². The first-order valence-corrected chi connectivity index (χ1v) is 9.02. The van der Waals surface area contributed by atoms with Crippen LogP contribution in [0.3, 0.4) is 0 Å². The van der Waals surface area contributed by atoms with Crippen molar-refractivity contribution >= 4 is 33.9 Å². The minimum absolute atomic E-state index is 0.212. The van der Waals surface area contributed by atoms with Crippen LogP contribution in [0.4, 0.5) is 0 Å². The number of aromatic hydroxyl groups is 1. The molecule has 0 fully saturated rings. The van der Waals surface area contributed by atoms with Gasteiger partial charge in [0.1, 0.15) is 5.75 Å². The second kappa shape index (κ2) is 7.63. The van der Waals surface area contributed by atoms with Crippen molar-refractivity contribution in [2.45, 2.75) is 17.8 Å². The van der Waals surface area contributed by atoms with Gasteiger partial charge in [-0.05, 0) is 42.3 Å². The molecule has 0 aliphatic rings. The molecule has 1 aromatic heterocycles. The SMILES string of the molecule is Cc1nnc(SCc2ccc(Br)cc2)n1/N=C/c1cccc(O)c1. The van der Waals surface area contributed by atoms with Gasteiger partial charge in [0.15, 0.2) is 5.82 Å². The Labute approximate surface area is 152 Å².